The minimum absolute atomic E-state index is 0.0651. The second kappa shape index (κ2) is 6.93. The van der Waals surface area contributed by atoms with Gasteiger partial charge in [0.25, 0.3) is 5.91 Å². The summed E-state index contributed by atoms with van der Waals surface area (Å²) in [5.74, 6) is 0.518. The van der Waals surface area contributed by atoms with Crippen LogP contribution in [0.5, 0.6) is 11.5 Å². The summed E-state index contributed by atoms with van der Waals surface area (Å²) in [6, 6.07) is 9.91. The van der Waals surface area contributed by atoms with Gasteiger partial charge in [-0.1, -0.05) is 23.7 Å². The van der Waals surface area contributed by atoms with Gasteiger partial charge in [-0.3, -0.25) is 9.59 Å². The van der Waals surface area contributed by atoms with E-state index in [0.29, 0.717) is 46.5 Å². The van der Waals surface area contributed by atoms with Gasteiger partial charge in [0, 0.05) is 23.2 Å². The van der Waals surface area contributed by atoms with Crippen molar-refractivity contribution >= 4 is 29.0 Å². The van der Waals surface area contributed by atoms with Crippen molar-refractivity contribution in [3.05, 3.63) is 52.5 Å². The molecule has 2 aromatic carbocycles. The Morgan fingerprint density at radius 2 is 1.88 bits per heavy atom. The number of benzene rings is 2. The molecule has 0 aromatic heterocycles. The number of halogens is 1. The van der Waals surface area contributed by atoms with Crippen LogP contribution in [-0.4, -0.2) is 24.9 Å². The molecular formula is C18H16ClNO4. The van der Waals surface area contributed by atoms with Crippen LogP contribution in [0.1, 0.15) is 34.1 Å². The zero-order valence-corrected chi connectivity index (χ0v) is 13.9. The Hall–Kier alpha value is -2.53. The monoisotopic (exact) mass is 345 g/mol. The van der Waals surface area contributed by atoms with Crippen LogP contribution in [0, 0.1) is 0 Å². The Kier molecular flexibility index (Phi) is 4.71. The van der Waals surface area contributed by atoms with E-state index in [1.54, 1.807) is 36.4 Å². The Morgan fingerprint density at radius 3 is 2.67 bits per heavy atom. The third kappa shape index (κ3) is 3.51. The molecule has 0 fully saturated rings. The van der Waals surface area contributed by atoms with E-state index in [9.17, 15) is 9.59 Å². The number of ketones is 1. The molecule has 0 bridgehead atoms. The SMILES string of the molecule is CC(=O)c1cccc(NC(=O)c2cc(Cl)c3c(c2)OCCCO3)c1. The number of carbonyl (C=O) groups excluding carboxylic acids is 2. The lowest BCUT2D eigenvalue weighted by Gasteiger charge is -2.12. The fraction of sp³-hybridized carbons (Fsp3) is 0.222. The summed E-state index contributed by atoms with van der Waals surface area (Å²) in [6.45, 7) is 2.51. The van der Waals surface area contributed by atoms with Crippen molar-refractivity contribution in [3.63, 3.8) is 0 Å². The average Bonchev–Trinajstić information content (AvgIpc) is 2.80. The maximum atomic E-state index is 12.5. The molecule has 1 aliphatic heterocycles. The minimum atomic E-state index is -0.340. The van der Waals surface area contributed by atoms with E-state index < -0.39 is 0 Å². The van der Waals surface area contributed by atoms with Crippen LogP contribution in [-0.2, 0) is 0 Å². The van der Waals surface area contributed by atoms with Gasteiger partial charge < -0.3 is 14.8 Å². The van der Waals surface area contributed by atoms with Crippen molar-refractivity contribution in [1.29, 1.82) is 0 Å². The molecule has 1 heterocycles. The summed E-state index contributed by atoms with van der Waals surface area (Å²) in [7, 11) is 0. The number of Topliss-reactive ketones (excluding diaryl/α,β-unsaturated/α-hetero) is 1. The molecular weight excluding hydrogens is 330 g/mol. The molecule has 1 aliphatic rings. The Labute approximate surface area is 144 Å². The Balaban J connectivity index is 1.85. The number of amides is 1. The second-order valence-electron chi connectivity index (χ2n) is 5.43. The first-order chi connectivity index (χ1) is 11.5. The van der Waals surface area contributed by atoms with E-state index in [1.807, 2.05) is 0 Å². The van der Waals surface area contributed by atoms with Gasteiger partial charge >= 0.3 is 0 Å². The number of carbonyl (C=O) groups is 2. The number of hydrogen-bond acceptors (Lipinski definition) is 4. The van der Waals surface area contributed by atoms with E-state index in [2.05, 4.69) is 5.32 Å². The van der Waals surface area contributed by atoms with Crippen LogP contribution in [0.2, 0.25) is 5.02 Å². The normalized spacial score (nSPS) is 13.1. The highest BCUT2D eigenvalue weighted by atomic mass is 35.5. The lowest BCUT2D eigenvalue weighted by Crippen LogP contribution is -2.12. The van der Waals surface area contributed by atoms with E-state index >= 15 is 0 Å². The first kappa shape index (κ1) is 16.3. The molecule has 2 aromatic rings. The summed E-state index contributed by atoms with van der Waals surface area (Å²) in [5.41, 5.74) is 1.43. The molecule has 0 atom stereocenters. The maximum absolute atomic E-state index is 12.5. The van der Waals surface area contributed by atoms with Crippen molar-refractivity contribution in [2.24, 2.45) is 0 Å². The van der Waals surface area contributed by atoms with Crippen molar-refractivity contribution in [2.75, 3.05) is 18.5 Å². The standard InChI is InChI=1S/C18H16ClNO4/c1-11(21)12-4-2-5-14(8-12)20-18(22)13-9-15(19)17-16(10-13)23-6-3-7-24-17/h2,4-5,8-10H,3,6-7H2,1H3,(H,20,22). The molecule has 0 aliphatic carbocycles. The van der Waals surface area contributed by atoms with Gasteiger partial charge in [0.1, 0.15) is 0 Å². The van der Waals surface area contributed by atoms with E-state index in [1.165, 1.54) is 6.92 Å². The van der Waals surface area contributed by atoms with E-state index in [-0.39, 0.29) is 11.7 Å². The molecule has 0 saturated carbocycles. The summed E-state index contributed by atoms with van der Waals surface area (Å²) in [6.07, 6.45) is 0.754. The molecule has 0 unspecified atom stereocenters. The molecule has 0 radical (unpaired) electrons. The molecule has 124 valence electrons. The lowest BCUT2D eigenvalue weighted by atomic mass is 10.1. The van der Waals surface area contributed by atoms with Crippen molar-refractivity contribution in [1.82, 2.24) is 0 Å². The average molecular weight is 346 g/mol. The quantitative estimate of drug-likeness (QED) is 0.855. The van der Waals surface area contributed by atoms with Crippen LogP contribution in [0.3, 0.4) is 0 Å². The number of rotatable bonds is 3. The predicted molar refractivity (Wildman–Crippen MR) is 91.5 cm³/mol. The first-order valence-electron chi connectivity index (χ1n) is 7.56. The number of hydrogen-bond donors (Lipinski definition) is 1. The lowest BCUT2D eigenvalue weighted by molar-refractivity contribution is 0.101. The molecule has 3 rings (SSSR count). The summed E-state index contributed by atoms with van der Waals surface area (Å²) < 4.78 is 11.1. The molecule has 6 heteroatoms. The molecule has 5 nitrogen and oxygen atoms in total. The number of ether oxygens (including phenoxy) is 2. The van der Waals surface area contributed by atoms with Crippen LogP contribution in [0.15, 0.2) is 36.4 Å². The zero-order chi connectivity index (χ0) is 17.1. The molecule has 0 saturated heterocycles. The first-order valence-corrected chi connectivity index (χ1v) is 7.94. The predicted octanol–water partition coefficient (Wildman–Crippen LogP) is 3.96. The van der Waals surface area contributed by atoms with Gasteiger partial charge in [-0.25, -0.2) is 0 Å². The fourth-order valence-electron chi connectivity index (χ4n) is 2.38. The van der Waals surface area contributed by atoms with Crippen LogP contribution < -0.4 is 14.8 Å². The zero-order valence-electron chi connectivity index (χ0n) is 13.1. The number of fused-ring (bicyclic) bond motifs is 1. The highest BCUT2D eigenvalue weighted by Crippen LogP contribution is 2.38. The summed E-state index contributed by atoms with van der Waals surface area (Å²) in [4.78, 5) is 23.9. The second-order valence-corrected chi connectivity index (χ2v) is 5.83. The number of nitrogens with one attached hydrogen (secondary N) is 1. The van der Waals surface area contributed by atoms with Gasteiger partial charge in [0.05, 0.1) is 18.2 Å². The molecule has 0 spiro atoms. The van der Waals surface area contributed by atoms with Crippen LogP contribution in [0.25, 0.3) is 0 Å². The third-order valence-electron chi connectivity index (χ3n) is 3.59. The van der Waals surface area contributed by atoms with Crippen molar-refractivity contribution in [2.45, 2.75) is 13.3 Å². The van der Waals surface area contributed by atoms with Crippen molar-refractivity contribution < 1.29 is 19.1 Å². The Morgan fingerprint density at radius 1 is 1.08 bits per heavy atom. The fourth-order valence-corrected chi connectivity index (χ4v) is 2.65. The maximum Gasteiger partial charge on any atom is 0.255 e. The number of anilines is 1. The topological polar surface area (TPSA) is 64.6 Å². The minimum Gasteiger partial charge on any atom is -0.489 e. The molecule has 24 heavy (non-hydrogen) atoms. The van der Waals surface area contributed by atoms with Crippen LogP contribution in [0.4, 0.5) is 5.69 Å². The van der Waals surface area contributed by atoms with Gasteiger partial charge in [-0.05, 0) is 31.2 Å². The van der Waals surface area contributed by atoms with Gasteiger partial charge in [0.15, 0.2) is 17.3 Å². The summed E-state index contributed by atoms with van der Waals surface area (Å²) >= 11 is 6.20. The highest BCUT2D eigenvalue weighted by Gasteiger charge is 2.18. The Bertz CT molecular complexity index is 804. The van der Waals surface area contributed by atoms with Crippen LogP contribution >= 0.6 is 11.6 Å². The van der Waals surface area contributed by atoms with Gasteiger partial charge in [-0.2, -0.15) is 0 Å². The molecule has 1 N–H and O–H groups in total. The summed E-state index contributed by atoms with van der Waals surface area (Å²) in [5, 5.41) is 3.09. The highest BCUT2D eigenvalue weighted by molar-refractivity contribution is 6.32. The van der Waals surface area contributed by atoms with Gasteiger partial charge in [0.2, 0.25) is 0 Å². The third-order valence-corrected chi connectivity index (χ3v) is 3.87. The smallest absolute Gasteiger partial charge is 0.255 e. The van der Waals surface area contributed by atoms with E-state index in [0.717, 1.165) is 6.42 Å². The molecule has 1 amide bonds. The van der Waals surface area contributed by atoms with Crippen molar-refractivity contribution in [3.8, 4) is 11.5 Å². The van der Waals surface area contributed by atoms with E-state index in [4.69, 9.17) is 21.1 Å². The van der Waals surface area contributed by atoms with Gasteiger partial charge in [-0.15, -0.1) is 0 Å². The largest absolute Gasteiger partial charge is 0.489 e.